The third-order valence-corrected chi connectivity index (χ3v) is 2.80. The van der Waals surface area contributed by atoms with Crippen LogP contribution in [-0.4, -0.2) is 31.7 Å². The summed E-state index contributed by atoms with van der Waals surface area (Å²) in [6, 6.07) is 0. The molecule has 0 aromatic heterocycles. The predicted octanol–water partition coefficient (Wildman–Crippen LogP) is 2.63. The van der Waals surface area contributed by atoms with Crippen molar-refractivity contribution >= 4 is 12.6 Å². The van der Waals surface area contributed by atoms with Crippen LogP contribution in [0.2, 0.25) is 0 Å². The average Bonchev–Trinajstić information content (AvgIpc) is 2.15. The highest BCUT2D eigenvalue weighted by Crippen LogP contribution is 2.13. The Bertz CT molecular complexity index is 128. The van der Waals surface area contributed by atoms with E-state index in [2.05, 4.69) is 26.5 Å². The van der Waals surface area contributed by atoms with Crippen LogP contribution in [0.15, 0.2) is 0 Å². The van der Waals surface area contributed by atoms with Crippen molar-refractivity contribution < 1.29 is 9.47 Å². The average molecular weight is 220 g/mol. The number of rotatable bonds is 8. The summed E-state index contributed by atoms with van der Waals surface area (Å²) >= 11 is 4.32. The van der Waals surface area contributed by atoms with Gasteiger partial charge in [-0.3, -0.25) is 0 Å². The summed E-state index contributed by atoms with van der Waals surface area (Å²) in [5.41, 5.74) is 0. The van der Waals surface area contributed by atoms with Gasteiger partial charge in [-0.2, -0.15) is 12.6 Å². The molecule has 0 heterocycles. The molecule has 0 aliphatic carbocycles. The fraction of sp³-hybridized carbons (Fsp3) is 1.00. The van der Waals surface area contributed by atoms with Gasteiger partial charge in [0.1, 0.15) is 0 Å². The van der Waals surface area contributed by atoms with E-state index in [1.807, 2.05) is 13.8 Å². The van der Waals surface area contributed by atoms with Crippen molar-refractivity contribution in [3.05, 3.63) is 0 Å². The molecule has 0 aliphatic rings. The highest BCUT2D eigenvalue weighted by molar-refractivity contribution is 7.80. The zero-order chi connectivity index (χ0) is 11.0. The number of thiol groups is 1. The quantitative estimate of drug-likeness (QED) is 0.634. The fourth-order valence-corrected chi connectivity index (χ4v) is 1.60. The Kier molecular flexibility index (Phi) is 8.73. The second-order valence-electron chi connectivity index (χ2n) is 3.99. The van der Waals surface area contributed by atoms with Gasteiger partial charge in [-0.05, 0) is 31.4 Å². The van der Waals surface area contributed by atoms with Crippen LogP contribution in [0.3, 0.4) is 0 Å². The van der Waals surface area contributed by atoms with Crippen LogP contribution in [0.25, 0.3) is 0 Å². The molecule has 2 atom stereocenters. The van der Waals surface area contributed by atoms with E-state index < -0.39 is 0 Å². The van der Waals surface area contributed by atoms with E-state index in [0.29, 0.717) is 18.4 Å². The van der Waals surface area contributed by atoms with Gasteiger partial charge in [0.2, 0.25) is 0 Å². The zero-order valence-electron chi connectivity index (χ0n) is 9.82. The first kappa shape index (κ1) is 14.3. The second kappa shape index (κ2) is 8.57. The first-order chi connectivity index (χ1) is 6.61. The molecule has 0 amide bonds. The molecule has 0 radical (unpaired) electrons. The zero-order valence-corrected chi connectivity index (χ0v) is 10.7. The maximum atomic E-state index is 5.68. The molecule has 86 valence electrons. The number of hydrogen-bond donors (Lipinski definition) is 1. The van der Waals surface area contributed by atoms with Gasteiger partial charge >= 0.3 is 0 Å². The van der Waals surface area contributed by atoms with Crippen molar-refractivity contribution in [3.63, 3.8) is 0 Å². The van der Waals surface area contributed by atoms with Crippen molar-refractivity contribution in [2.45, 2.75) is 33.8 Å². The van der Waals surface area contributed by atoms with Crippen molar-refractivity contribution in [1.82, 2.24) is 0 Å². The van der Waals surface area contributed by atoms with Gasteiger partial charge in [0.25, 0.3) is 0 Å². The molecule has 0 aromatic carbocycles. The monoisotopic (exact) mass is 220 g/mol. The molecule has 3 heteroatoms. The van der Waals surface area contributed by atoms with E-state index in [0.717, 1.165) is 19.0 Å². The van der Waals surface area contributed by atoms with E-state index in [1.165, 1.54) is 0 Å². The third kappa shape index (κ3) is 6.68. The third-order valence-electron chi connectivity index (χ3n) is 2.33. The lowest BCUT2D eigenvalue weighted by Crippen LogP contribution is -2.24. The molecule has 0 fully saturated rings. The first-order valence-corrected chi connectivity index (χ1v) is 6.05. The van der Waals surface area contributed by atoms with Crippen molar-refractivity contribution in [1.29, 1.82) is 0 Å². The summed E-state index contributed by atoms with van der Waals surface area (Å²) in [7, 11) is 0. The molecular weight excluding hydrogens is 196 g/mol. The summed E-state index contributed by atoms with van der Waals surface area (Å²) in [6.07, 6.45) is 0.191. The first-order valence-electron chi connectivity index (χ1n) is 5.42. The molecule has 0 spiro atoms. The van der Waals surface area contributed by atoms with Gasteiger partial charge in [-0.1, -0.05) is 13.8 Å². The lowest BCUT2D eigenvalue weighted by atomic mass is 9.99. The smallest absolute Gasteiger partial charge is 0.0780 e. The van der Waals surface area contributed by atoms with Gasteiger partial charge < -0.3 is 9.47 Å². The van der Waals surface area contributed by atoms with Crippen LogP contribution >= 0.6 is 12.6 Å². The van der Waals surface area contributed by atoms with Crippen molar-refractivity contribution in [2.24, 2.45) is 11.8 Å². The molecule has 0 saturated heterocycles. The Morgan fingerprint density at radius 3 is 2.21 bits per heavy atom. The van der Waals surface area contributed by atoms with E-state index >= 15 is 0 Å². The summed E-state index contributed by atoms with van der Waals surface area (Å²) in [6.45, 7) is 10.7. The minimum atomic E-state index is 0.191. The Morgan fingerprint density at radius 1 is 1.14 bits per heavy atom. The summed E-state index contributed by atoms with van der Waals surface area (Å²) < 4.78 is 11.0. The molecule has 0 N–H and O–H groups in total. The van der Waals surface area contributed by atoms with Crippen LogP contribution in [0.1, 0.15) is 27.7 Å². The summed E-state index contributed by atoms with van der Waals surface area (Å²) in [5, 5.41) is 0. The Hall–Kier alpha value is 0.270. The Labute approximate surface area is 93.8 Å². The number of ether oxygens (including phenoxy) is 2. The Balaban J connectivity index is 3.57. The summed E-state index contributed by atoms with van der Waals surface area (Å²) in [5.74, 6) is 2.06. The van der Waals surface area contributed by atoms with Crippen molar-refractivity contribution in [3.8, 4) is 0 Å². The van der Waals surface area contributed by atoms with E-state index in [-0.39, 0.29) is 6.10 Å². The van der Waals surface area contributed by atoms with E-state index in [9.17, 15) is 0 Å². The Morgan fingerprint density at radius 2 is 1.79 bits per heavy atom. The van der Waals surface area contributed by atoms with Crippen LogP contribution in [0, 0.1) is 11.8 Å². The SMILES string of the molecule is CCOCC(C)OCC(CS)C(C)C. The normalized spacial score (nSPS) is 15.9. The molecule has 0 aromatic rings. The van der Waals surface area contributed by atoms with Gasteiger partial charge in [-0.15, -0.1) is 0 Å². The minimum Gasteiger partial charge on any atom is -0.379 e. The van der Waals surface area contributed by atoms with Crippen molar-refractivity contribution in [2.75, 3.05) is 25.6 Å². The fourth-order valence-electron chi connectivity index (χ4n) is 1.08. The van der Waals surface area contributed by atoms with Crippen LogP contribution < -0.4 is 0 Å². The van der Waals surface area contributed by atoms with Gasteiger partial charge in [0.05, 0.1) is 19.3 Å². The van der Waals surface area contributed by atoms with Crippen LogP contribution in [0.5, 0.6) is 0 Å². The van der Waals surface area contributed by atoms with E-state index in [4.69, 9.17) is 9.47 Å². The standard InChI is InChI=1S/C11H24O2S/c1-5-12-6-10(4)13-7-11(8-14)9(2)3/h9-11,14H,5-8H2,1-4H3. The maximum absolute atomic E-state index is 5.68. The van der Waals surface area contributed by atoms with Gasteiger partial charge in [-0.25, -0.2) is 0 Å². The predicted molar refractivity (Wildman–Crippen MR) is 64.1 cm³/mol. The van der Waals surface area contributed by atoms with Crippen LogP contribution in [-0.2, 0) is 9.47 Å². The summed E-state index contributed by atoms with van der Waals surface area (Å²) in [4.78, 5) is 0. The highest BCUT2D eigenvalue weighted by Gasteiger charge is 2.13. The maximum Gasteiger partial charge on any atom is 0.0780 e. The number of hydrogen-bond acceptors (Lipinski definition) is 3. The molecular formula is C11H24O2S. The molecule has 0 saturated carbocycles. The molecule has 14 heavy (non-hydrogen) atoms. The van der Waals surface area contributed by atoms with Gasteiger partial charge in [0.15, 0.2) is 0 Å². The largest absolute Gasteiger partial charge is 0.379 e. The molecule has 0 rings (SSSR count). The second-order valence-corrected chi connectivity index (χ2v) is 4.36. The molecule has 2 nitrogen and oxygen atoms in total. The molecule has 0 aliphatic heterocycles. The lowest BCUT2D eigenvalue weighted by Gasteiger charge is -2.21. The lowest BCUT2D eigenvalue weighted by molar-refractivity contribution is -0.0194. The van der Waals surface area contributed by atoms with Gasteiger partial charge in [0, 0.05) is 6.61 Å². The molecule has 0 bridgehead atoms. The highest BCUT2D eigenvalue weighted by atomic mass is 32.1. The van der Waals surface area contributed by atoms with Crippen LogP contribution in [0.4, 0.5) is 0 Å². The topological polar surface area (TPSA) is 18.5 Å². The van der Waals surface area contributed by atoms with E-state index in [1.54, 1.807) is 0 Å². The molecule has 2 unspecified atom stereocenters. The minimum absolute atomic E-state index is 0.191.